The first-order valence-corrected chi connectivity index (χ1v) is 14.8. The Bertz CT molecular complexity index is 1380. The highest BCUT2D eigenvalue weighted by molar-refractivity contribution is 7.11. The average Bonchev–Trinajstić information content (AvgIpc) is 3.58. The first kappa shape index (κ1) is 29.4. The van der Waals surface area contributed by atoms with Crippen LogP contribution in [0.25, 0.3) is 0 Å². The third-order valence-electron chi connectivity index (χ3n) is 7.68. The Morgan fingerprint density at radius 1 is 1.32 bits per heavy atom. The number of piperazine rings is 1. The molecule has 0 aliphatic carbocycles. The smallest absolute Gasteiger partial charge is 0.338 e. The van der Waals surface area contributed by atoms with Crippen LogP contribution in [0.4, 0.5) is 9.18 Å². The quantitative estimate of drug-likeness (QED) is 0.466. The molecule has 3 unspecified atom stereocenters. The number of urea groups is 1. The SMILES string of the molecule is CCOC(=O)C1=C(CN2CCN3C(=O)N(C(C)(C)C)CC3C2CO)NC(c2nccs2)=NC1c1cccc(F)c1Cl. The number of benzene rings is 1. The number of aliphatic hydroxyl groups is 1. The number of carbonyl (C=O) groups excluding carboxylic acids is 2. The number of aliphatic hydroxyl groups excluding tert-OH is 1. The minimum absolute atomic E-state index is 0.0400. The maximum Gasteiger partial charge on any atom is 0.338 e. The molecule has 220 valence electrons. The van der Waals surface area contributed by atoms with Crippen LogP contribution in [-0.2, 0) is 9.53 Å². The largest absolute Gasteiger partial charge is 0.463 e. The molecule has 1 aromatic carbocycles. The molecular formula is C28H34ClFN6O4S. The van der Waals surface area contributed by atoms with Crippen LogP contribution >= 0.6 is 22.9 Å². The first-order valence-electron chi connectivity index (χ1n) is 13.6. The minimum atomic E-state index is -0.953. The van der Waals surface area contributed by atoms with Crippen molar-refractivity contribution in [3.05, 3.63) is 62.5 Å². The second-order valence-electron chi connectivity index (χ2n) is 11.1. The number of amidine groups is 1. The zero-order valence-electron chi connectivity index (χ0n) is 23.4. The van der Waals surface area contributed by atoms with E-state index in [0.717, 1.165) is 0 Å². The van der Waals surface area contributed by atoms with Crippen molar-refractivity contribution in [2.75, 3.05) is 39.4 Å². The van der Waals surface area contributed by atoms with Gasteiger partial charge in [0.15, 0.2) is 10.8 Å². The van der Waals surface area contributed by atoms with Gasteiger partial charge in [0.1, 0.15) is 11.9 Å². The summed E-state index contributed by atoms with van der Waals surface area (Å²) in [5, 5.41) is 16.1. The number of thiazole rings is 1. The number of halogens is 2. The number of nitrogens with zero attached hydrogens (tertiary/aromatic N) is 5. The van der Waals surface area contributed by atoms with Crippen LogP contribution in [0, 0.1) is 5.82 Å². The van der Waals surface area contributed by atoms with Gasteiger partial charge in [0.2, 0.25) is 0 Å². The van der Waals surface area contributed by atoms with Crippen molar-refractivity contribution in [3.8, 4) is 0 Å². The van der Waals surface area contributed by atoms with E-state index in [1.165, 1.54) is 23.5 Å². The molecule has 13 heteroatoms. The van der Waals surface area contributed by atoms with Gasteiger partial charge in [-0.2, -0.15) is 0 Å². The highest BCUT2D eigenvalue weighted by Crippen LogP contribution is 2.38. The van der Waals surface area contributed by atoms with E-state index in [1.54, 1.807) is 19.2 Å². The van der Waals surface area contributed by atoms with Gasteiger partial charge in [-0.05, 0) is 33.8 Å². The van der Waals surface area contributed by atoms with Crippen molar-refractivity contribution in [3.63, 3.8) is 0 Å². The van der Waals surface area contributed by atoms with E-state index in [4.69, 9.17) is 21.3 Å². The molecule has 0 bridgehead atoms. The Kier molecular flexibility index (Phi) is 8.38. The number of aromatic nitrogens is 1. The van der Waals surface area contributed by atoms with Gasteiger partial charge >= 0.3 is 12.0 Å². The number of ether oxygens (including phenoxy) is 1. The van der Waals surface area contributed by atoms with Crippen molar-refractivity contribution in [2.24, 2.45) is 4.99 Å². The molecular weight excluding hydrogens is 571 g/mol. The lowest BCUT2D eigenvalue weighted by molar-refractivity contribution is -0.139. The lowest BCUT2D eigenvalue weighted by Gasteiger charge is -2.43. The topological polar surface area (TPSA) is 111 Å². The molecule has 2 N–H and O–H groups in total. The molecule has 0 radical (unpaired) electrons. The summed E-state index contributed by atoms with van der Waals surface area (Å²) in [6.07, 6.45) is 1.65. The highest BCUT2D eigenvalue weighted by atomic mass is 35.5. The minimum Gasteiger partial charge on any atom is -0.463 e. The van der Waals surface area contributed by atoms with Crippen LogP contribution in [-0.4, -0.2) is 99.6 Å². The first-order chi connectivity index (χ1) is 19.5. The van der Waals surface area contributed by atoms with Gasteiger partial charge in [-0.25, -0.2) is 19.0 Å². The molecule has 3 aliphatic heterocycles. The van der Waals surface area contributed by atoms with E-state index in [0.29, 0.717) is 41.7 Å². The third kappa shape index (κ3) is 5.57. The summed E-state index contributed by atoms with van der Waals surface area (Å²) < 4.78 is 20.1. The Morgan fingerprint density at radius 3 is 2.76 bits per heavy atom. The molecule has 4 heterocycles. The Labute approximate surface area is 247 Å². The second-order valence-corrected chi connectivity index (χ2v) is 12.4. The van der Waals surface area contributed by atoms with Gasteiger partial charge in [0.25, 0.3) is 0 Å². The van der Waals surface area contributed by atoms with Crippen LogP contribution in [0.1, 0.15) is 44.3 Å². The molecule has 3 atom stereocenters. The zero-order valence-corrected chi connectivity index (χ0v) is 25.0. The predicted octanol–water partition coefficient (Wildman–Crippen LogP) is 3.43. The predicted molar refractivity (Wildman–Crippen MR) is 154 cm³/mol. The number of hydrogen-bond acceptors (Lipinski definition) is 9. The average molecular weight is 605 g/mol. The summed E-state index contributed by atoms with van der Waals surface area (Å²) in [6.45, 7) is 9.30. The number of hydrogen-bond donors (Lipinski definition) is 2. The molecule has 1 aromatic heterocycles. The number of nitrogens with one attached hydrogen (secondary N) is 1. The maximum absolute atomic E-state index is 14.6. The molecule has 0 saturated carbocycles. The molecule has 41 heavy (non-hydrogen) atoms. The van der Waals surface area contributed by atoms with Crippen LogP contribution in [0.15, 0.2) is 46.0 Å². The van der Waals surface area contributed by atoms with Crippen molar-refractivity contribution in [1.29, 1.82) is 0 Å². The molecule has 2 saturated heterocycles. The Morgan fingerprint density at radius 2 is 2.10 bits per heavy atom. The normalized spacial score (nSPS) is 23.4. The van der Waals surface area contributed by atoms with Gasteiger partial charge in [0.05, 0.1) is 35.9 Å². The molecule has 2 amide bonds. The molecule has 5 rings (SSSR count). The third-order valence-corrected chi connectivity index (χ3v) is 8.86. The van der Waals surface area contributed by atoms with Crippen LogP contribution in [0.2, 0.25) is 5.02 Å². The molecule has 0 spiro atoms. The molecule has 10 nitrogen and oxygen atoms in total. The maximum atomic E-state index is 14.6. The zero-order chi connectivity index (χ0) is 29.5. The number of esters is 1. The van der Waals surface area contributed by atoms with Crippen molar-refractivity contribution in [2.45, 2.75) is 51.4 Å². The molecule has 2 aromatic rings. The summed E-state index contributed by atoms with van der Waals surface area (Å²) in [7, 11) is 0. The van der Waals surface area contributed by atoms with E-state index in [2.05, 4.69) is 15.2 Å². The number of aliphatic imine (C=N–C) groups is 1. The fourth-order valence-electron chi connectivity index (χ4n) is 5.67. The number of fused-ring (bicyclic) bond motifs is 1. The molecule has 2 fully saturated rings. The van der Waals surface area contributed by atoms with Crippen LogP contribution in [0.5, 0.6) is 0 Å². The van der Waals surface area contributed by atoms with E-state index >= 15 is 0 Å². The van der Waals surface area contributed by atoms with Gasteiger partial charge in [0, 0.05) is 54.6 Å². The number of rotatable bonds is 7. The second kappa shape index (κ2) is 11.7. The van der Waals surface area contributed by atoms with Crippen molar-refractivity contribution in [1.82, 2.24) is 25.0 Å². The Hall–Kier alpha value is -3.06. The van der Waals surface area contributed by atoms with Crippen LogP contribution < -0.4 is 5.32 Å². The summed E-state index contributed by atoms with van der Waals surface area (Å²) in [4.78, 5) is 41.6. The van der Waals surface area contributed by atoms with E-state index < -0.39 is 17.8 Å². The molecule has 3 aliphatic rings. The van der Waals surface area contributed by atoms with Gasteiger partial charge < -0.3 is 25.0 Å². The summed E-state index contributed by atoms with van der Waals surface area (Å²) >= 11 is 7.79. The lowest BCUT2D eigenvalue weighted by Crippen LogP contribution is -2.61. The van der Waals surface area contributed by atoms with Crippen LogP contribution in [0.3, 0.4) is 0 Å². The van der Waals surface area contributed by atoms with Gasteiger partial charge in [-0.3, -0.25) is 9.89 Å². The standard InChI is InChI=1S/C28H34ClFN6O4S/c1-5-40-26(38)21-18(13-34-10-11-35-19(20(34)15-37)14-36(27(35)39)28(2,3)4)32-24(25-31-9-12-41-25)33-23(21)16-7-6-8-17(30)22(16)29/h6-9,12,19-20,23,37H,5,10-11,13-15H2,1-4H3,(H,32,33). The van der Waals surface area contributed by atoms with E-state index in [9.17, 15) is 19.1 Å². The summed E-state index contributed by atoms with van der Waals surface area (Å²) in [5.74, 6) is -0.803. The summed E-state index contributed by atoms with van der Waals surface area (Å²) in [6, 6.07) is 2.82. The fourth-order valence-corrected chi connectivity index (χ4v) is 6.49. The Balaban J connectivity index is 1.56. The summed E-state index contributed by atoms with van der Waals surface area (Å²) in [5.41, 5.74) is 0.671. The van der Waals surface area contributed by atoms with Gasteiger partial charge in [-0.1, -0.05) is 23.7 Å². The fraction of sp³-hybridized carbons (Fsp3) is 0.500. The van der Waals surface area contributed by atoms with Crippen molar-refractivity contribution < 1.29 is 23.8 Å². The van der Waals surface area contributed by atoms with Crippen molar-refractivity contribution >= 4 is 40.8 Å². The van der Waals surface area contributed by atoms with Gasteiger partial charge in [-0.15, -0.1) is 11.3 Å². The monoisotopic (exact) mass is 604 g/mol. The van der Waals surface area contributed by atoms with E-state index in [1.807, 2.05) is 36.0 Å². The number of amides is 2. The van der Waals surface area contributed by atoms with E-state index in [-0.39, 0.29) is 54.0 Å². The highest BCUT2D eigenvalue weighted by Gasteiger charge is 2.49. The lowest BCUT2D eigenvalue weighted by atomic mass is 9.94. The number of carbonyl (C=O) groups is 2.